The first-order chi connectivity index (χ1) is 8.88. The molecule has 100 valence electrons. The van der Waals surface area contributed by atoms with Gasteiger partial charge >= 0.3 is 6.03 Å². The van der Waals surface area contributed by atoms with E-state index in [1.54, 1.807) is 19.4 Å². The van der Waals surface area contributed by atoms with Crippen LogP contribution >= 0.6 is 7.29 Å². The number of amides is 2. The molecule has 6 nitrogen and oxygen atoms in total. The highest BCUT2D eigenvalue weighted by atomic mass is 31.2. The molecule has 0 atom stereocenters. The van der Waals surface area contributed by atoms with E-state index < -0.39 is 13.3 Å². The lowest BCUT2D eigenvalue weighted by Gasteiger charge is -2.10. The fraction of sp³-hybridized carbons (Fsp3) is 0.167. The third-order valence-electron chi connectivity index (χ3n) is 2.47. The number of aromatic nitrogens is 2. The van der Waals surface area contributed by atoms with Crippen molar-refractivity contribution in [2.75, 3.05) is 18.6 Å². The van der Waals surface area contributed by atoms with E-state index in [0.29, 0.717) is 11.5 Å². The molecule has 2 amide bonds. The van der Waals surface area contributed by atoms with Crippen molar-refractivity contribution < 1.29 is 9.36 Å². The van der Waals surface area contributed by atoms with E-state index in [0.717, 1.165) is 5.56 Å². The fourth-order valence-electron chi connectivity index (χ4n) is 1.70. The minimum absolute atomic E-state index is 0.333. The smallest absolute Gasteiger partial charge is 0.317 e. The normalized spacial score (nSPS) is 11.3. The highest BCUT2D eigenvalue weighted by Crippen LogP contribution is 2.41. The number of rotatable bonds is 3. The molecule has 7 heteroatoms. The van der Waals surface area contributed by atoms with Crippen LogP contribution in [0.4, 0.5) is 10.6 Å². The molecule has 2 aromatic rings. The summed E-state index contributed by atoms with van der Waals surface area (Å²) in [5, 5.41) is 6.73. The Morgan fingerprint density at radius 3 is 2.47 bits per heavy atom. The number of anilines is 1. The maximum atomic E-state index is 12.2. The van der Waals surface area contributed by atoms with Crippen molar-refractivity contribution in [3.05, 3.63) is 36.4 Å². The van der Waals surface area contributed by atoms with Gasteiger partial charge in [-0.15, -0.1) is 0 Å². The van der Waals surface area contributed by atoms with Crippen molar-refractivity contribution in [3.63, 3.8) is 0 Å². The van der Waals surface area contributed by atoms with Gasteiger partial charge in [0.1, 0.15) is 5.82 Å². The van der Waals surface area contributed by atoms with Crippen LogP contribution in [-0.2, 0) is 4.57 Å². The lowest BCUT2D eigenvalue weighted by molar-refractivity contribution is 0.259. The minimum Gasteiger partial charge on any atom is -0.351 e. The third-order valence-corrected chi connectivity index (χ3v) is 3.69. The molecule has 0 aliphatic carbocycles. The molecule has 0 radical (unpaired) electrons. The summed E-state index contributed by atoms with van der Waals surface area (Å²) in [6.07, 6.45) is 0. The summed E-state index contributed by atoms with van der Waals surface area (Å²) in [5.41, 5.74) is 6.61. The summed E-state index contributed by atoms with van der Waals surface area (Å²) >= 11 is 0. The van der Waals surface area contributed by atoms with E-state index >= 15 is 0 Å². The maximum Gasteiger partial charge on any atom is 0.317 e. The molecule has 0 bridgehead atoms. The quantitative estimate of drug-likeness (QED) is 0.845. The molecule has 0 unspecified atom stereocenters. The van der Waals surface area contributed by atoms with Crippen LogP contribution in [0, 0.1) is 0 Å². The van der Waals surface area contributed by atoms with Crippen LogP contribution in [0.15, 0.2) is 36.4 Å². The second-order valence-electron chi connectivity index (χ2n) is 4.45. The number of nitrogens with zero attached hydrogens (tertiary/aromatic N) is 2. The summed E-state index contributed by atoms with van der Waals surface area (Å²) < 4.78 is 13.5. The number of nitrogens with two attached hydrogens (primary N) is 1. The first-order valence-electron chi connectivity index (χ1n) is 5.66. The fourth-order valence-corrected chi connectivity index (χ4v) is 2.64. The number of primary amides is 1. The highest BCUT2D eigenvalue weighted by molar-refractivity contribution is 7.60. The molecule has 0 spiro atoms. The van der Waals surface area contributed by atoms with E-state index in [1.807, 2.05) is 30.3 Å². The van der Waals surface area contributed by atoms with E-state index in [9.17, 15) is 9.36 Å². The number of hydrogen-bond acceptors (Lipinski definition) is 3. The first kappa shape index (κ1) is 13.4. The third kappa shape index (κ3) is 3.03. The molecule has 0 saturated carbocycles. The van der Waals surface area contributed by atoms with Crippen LogP contribution in [0.2, 0.25) is 0 Å². The summed E-state index contributed by atoms with van der Waals surface area (Å²) in [4.78, 5) is 11.0. The molecule has 0 aliphatic heterocycles. The van der Waals surface area contributed by atoms with Crippen molar-refractivity contribution in [1.82, 2.24) is 9.55 Å². The van der Waals surface area contributed by atoms with E-state index in [-0.39, 0.29) is 0 Å². The van der Waals surface area contributed by atoms with Gasteiger partial charge in [-0.25, -0.2) is 4.79 Å². The van der Waals surface area contributed by atoms with Crippen LogP contribution in [0.3, 0.4) is 0 Å². The lowest BCUT2D eigenvalue weighted by Crippen LogP contribution is -2.21. The van der Waals surface area contributed by atoms with Gasteiger partial charge in [0.2, 0.25) is 0 Å². The highest BCUT2D eigenvalue weighted by Gasteiger charge is 2.19. The number of carbonyl (C=O) groups is 1. The summed E-state index contributed by atoms with van der Waals surface area (Å²) in [6.45, 7) is 3.14. The van der Waals surface area contributed by atoms with Crippen molar-refractivity contribution in [1.29, 1.82) is 0 Å². The second kappa shape index (κ2) is 4.90. The Balaban J connectivity index is 2.52. The average molecular weight is 278 g/mol. The number of hydrogen-bond donors (Lipinski definition) is 2. The second-order valence-corrected chi connectivity index (χ2v) is 7.42. The average Bonchev–Trinajstić information content (AvgIpc) is 2.73. The van der Waals surface area contributed by atoms with Crippen LogP contribution in [0.5, 0.6) is 0 Å². The molecule has 3 N–H and O–H groups in total. The van der Waals surface area contributed by atoms with Crippen LogP contribution < -0.4 is 11.1 Å². The van der Waals surface area contributed by atoms with E-state index in [2.05, 4.69) is 10.4 Å². The Morgan fingerprint density at radius 2 is 1.95 bits per heavy atom. The Bertz CT molecular complexity index is 645. The predicted octanol–water partition coefficient (Wildman–Crippen LogP) is 2.43. The molecule has 0 fully saturated rings. The molecule has 1 heterocycles. The standard InChI is InChI=1S/C12H15N4O2P/c1-19(2,18)16-11(14-12(13)17)8-10(15-16)9-6-4-3-5-7-9/h3-8H,1-2H3,(H3,13,14,17). The first-order valence-corrected chi connectivity index (χ1v) is 8.21. The van der Waals surface area contributed by atoms with Crippen molar-refractivity contribution in [2.24, 2.45) is 5.73 Å². The van der Waals surface area contributed by atoms with Crippen molar-refractivity contribution >= 4 is 19.1 Å². The predicted molar refractivity (Wildman–Crippen MR) is 75.7 cm³/mol. The molecule has 1 aromatic carbocycles. The zero-order valence-corrected chi connectivity index (χ0v) is 11.6. The van der Waals surface area contributed by atoms with Crippen LogP contribution in [0.25, 0.3) is 11.3 Å². The van der Waals surface area contributed by atoms with Crippen molar-refractivity contribution in [2.45, 2.75) is 0 Å². The van der Waals surface area contributed by atoms with Gasteiger partial charge in [-0.3, -0.25) is 9.88 Å². The van der Waals surface area contributed by atoms with Gasteiger partial charge in [-0.2, -0.15) is 9.55 Å². The largest absolute Gasteiger partial charge is 0.351 e. The van der Waals surface area contributed by atoms with Crippen molar-refractivity contribution in [3.8, 4) is 11.3 Å². The van der Waals surface area contributed by atoms with Crippen LogP contribution in [0.1, 0.15) is 0 Å². The topological polar surface area (TPSA) is 90.0 Å². The number of urea groups is 1. The number of carbonyl (C=O) groups excluding carboxylic acids is 1. The van der Waals surface area contributed by atoms with Gasteiger partial charge in [0, 0.05) is 25.0 Å². The Morgan fingerprint density at radius 1 is 1.32 bits per heavy atom. The Labute approximate surface area is 111 Å². The molecular formula is C12H15N4O2P. The monoisotopic (exact) mass is 278 g/mol. The van der Waals surface area contributed by atoms with E-state index in [4.69, 9.17) is 5.73 Å². The summed E-state index contributed by atoms with van der Waals surface area (Å²) in [7, 11) is -2.68. The zero-order chi connectivity index (χ0) is 14.0. The molecule has 2 rings (SSSR count). The molecule has 1 aromatic heterocycles. The van der Waals surface area contributed by atoms with Gasteiger partial charge in [0.05, 0.1) is 5.69 Å². The van der Waals surface area contributed by atoms with Gasteiger partial charge in [0.15, 0.2) is 7.29 Å². The summed E-state index contributed by atoms with van der Waals surface area (Å²) in [5.74, 6) is 0.333. The number of nitrogens with one attached hydrogen (secondary N) is 1. The van der Waals surface area contributed by atoms with Crippen LogP contribution in [-0.4, -0.2) is 28.9 Å². The maximum absolute atomic E-state index is 12.2. The number of benzene rings is 1. The molecular weight excluding hydrogens is 263 g/mol. The molecule has 19 heavy (non-hydrogen) atoms. The lowest BCUT2D eigenvalue weighted by atomic mass is 10.2. The summed E-state index contributed by atoms with van der Waals surface area (Å²) in [6, 6.07) is 10.4. The van der Waals surface area contributed by atoms with Gasteiger partial charge in [-0.05, 0) is 0 Å². The van der Waals surface area contributed by atoms with Gasteiger partial charge < -0.3 is 5.73 Å². The minimum atomic E-state index is -2.68. The Kier molecular flexibility index (Phi) is 3.44. The Hall–Kier alpha value is -2.07. The molecule has 0 aliphatic rings. The van der Waals surface area contributed by atoms with E-state index in [1.165, 1.54) is 4.45 Å². The zero-order valence-electron chi connectivity index (χ0n) is 10.7. The van der Waals surface area contributed by atoms with Gasteiger partial charge in [-0.1, -0.05) is 30.3 Å². The molecule has 0 saturated heterocycles. The van der Waals surface area contributed by atoms with Gasteiger partial charge in [0.25, 0.3) is 0 Å². The SMILES string of the molecule is CP(C)(=O)n1nc(-c2ccccc2)cc1NC(N)=O.